The smallest absolute Gasteiger partial charge is 0.321 e. The first-order chi connectivity index (χ1) is 15.0. The quantitative estimate of drug-likeness (QED) is 0.629. The van der Waals surface area contributed by atoms with Crippen LogP contribution in [0.5, 0.6) is 0 Å². The topological polar surface area (TPSA) is 104 Å². The number of anilines is 1. The van der Waals surface area contributed by atoms with Crippen molar-refractivity contribution in [1.29, 1.82) is 0 Å². The van der Waals surface area contributed by atoms with Crippen LogP contribution in [0.1, 0.15) is 31.7 Å². The fourth-order valence-corrected chi connectivity index (χ4v) is 3.67. The van der Waals surface area contributed by atoms with Gasteiger partial charge in [-0.1, -0.05) is 30.3 Å². The molecule has 0 radical (unpaired) electrons. The van der Waals surface area contributed by atoms with Crippen LogP contribution >= 0.6 is 0 Å². The van der Waals surface area contributed by atoms with Crippen molar-refractivity contribution in [2.75, 3.05) is 18.4 Å². The Hall–Kier alpha value is -3.68. The van der Waals surface area contributed by atoms with Crippen molar-refractivity contribution >= 4 is 28.6 Å². The molecule has 1 aliphatic rings. The fourth-order valence-electron chi connectivity index (χ4n) is 3.67. The molecule has 0 bridgehead atoms. The number of nitrogens with one attached hydrogen (secondary N) is 2. The standard InChI is InChI=1S/C23H24N4O4/c1-15(20-25-19-10-6-5-9-18(19)21(28)26-20)31-22(29)16-11-13-27(14-12-16)23(30)24-17-7-3-2-4-8-17/h2-10,15-16H,11-14H2,1H3,(H,24,30)(H,25,26,28)/t15-/m1/s1. The molecule has 0 unspecified atom stereocenters. The molecule has 8 heteroatoms. The summed E-state index contributed by atoms with van der Waals surface area (Å²) in [5.41, 5.74) is 1.03. The first kappa shape index (κ1) is 20.6. The van der Waals surface area contributed by atoms with E-state index in [0.29, 0.717) is 42.7 Å². The van der Waals surface area contributed by atoms with E-state index in [1.54, 1.807) is 36.1 Å². The predicted molar refractivity (Wildman–Crippen MR) is 117 cm³/mol. The van der Waals surface area contributed by atoms with Crippen LogP contribution in [0.15, 0.2) is 59.4 Å². The van der Waals surface area contributed by atoms with E-state index < -0.39 is 6.10 Å². The lowest BCUT2D eigenvalue weighted by Gasteiger charge is -2.31. The van der Waals surface area contributed by atoms with E-state index in [0.717, 1.165) is 5.69 Å². The van der Waals surface area contributed by atoms with E-state index in [2.05, 4.69) is 15.3 Å². The number of rotatable bonds is 4. The number of para-hydroxylation sites is 2. The maximum Gasteiger partial charge on any atom is 0.321 e. The fraction of sp³-hybridized carbons (Fsp3) is 0.304. The number of carbonyl (C=O) groups is 2. The maximum atomic E-state index is 12.6. The molecule has 1 saturated heterocycles. The third-order valence-electron chi connectivity index (χ3n) is 5.45. The molecule has 160 valence electrons. The van der Waals surface area contributed by atoms with Gasteiger partial charge >= 0.3 is 12.0 Å². The molecule has 2 amide bonds. The zero-order valence-electron chi connectivity index (χ0n) is 17.2. The van der Waals surface area contributed by atoms with Crippen molar-refractivity contribution in [3.63, 3.8) is 0 Å². The van der Waals surface area contributed by atoms with Crippen LogP contribution in [0.2, 0.25) is 0 Å². The van der Waals surface area contributed by atoms with Crippen molar-refractivity contribution in [2.24, 2.45) is 5.92 Å². The molecule has 1 atom stereocenters. The lowest BCUT2D eigenvalue weighted by molar-refractivity contribution is -0.155. The van der Waals surface area contributed by atoms with Gasteiger partial charge in [0.2, 0.25) is 0 Å². The van der Waals surface area contributed by atoms with Gasteiger partial charge in [0.15, 0.2) is 11.9 Å². The zero-order chi connectivity index (χ0) is 21.8. The summed E-state index contributed by atoms with van der Waals surface area (Å²) < 4.78 is 5.58. The number of aromatic nitrogens is 2. The third-order valence-corrected chi connectivity index (χ3v) is 5.45. The molecular formula is C23H24N4O4. The third kappa shape index (κ3) is 4.74. The van der Waals surface area contributed by atoms with Crippen LogP contribution < -0.4 is 10.9 Å². The number of aromatic amines is 1. The van der Waals surface area contributed by atoms with Gasteiger partial charge in [-0.3, -0.25) is 9.59 Å². The highest BCUT2D eigenvalue weighted by Crippen LogP contribution is 2.23. The van der Waals surface area contributed by atoms with Gasteiger partial charge in [-0.05, 0) is 44.0 Å². The lowest BCUT2D eigenvalue weighted by Crippen LogP contribution is -2.42. The largest absolute Gasteiger partial charge is 0.454 e. The number of esters is 1. The second-order valence-electron chi connectivity index (χ2n) is 7.60. The Morgan fingerprint density at radius 3 is 2.52 bits per heavy atom. The number of fused-ring (bicyclic) bond motifs is 1. The highest BCUT2D eigenvalue weighted by molar-refractivity contribution is 5.89. The summed E-state index contributed by atoms with van der Waals surface area (Å²) in [5, 5.41) is 3.35. The first-order valence-corrected chi connectivity index (χ1v) is 10.3. The number of urea groups is 1. The Labute approximate surface area is 179 Å². The summed E-state index contributed by atoms with van der Waals surface area (Å²) >= 11 is 0. The van der Waals surface area contributed by atoms with Crippen LogP contribution in [0.4, 0.5) is 10.5 Å². The Bertz CT molecular complexity index is 1140. The first-order valence-electron chi connectivity index (χ1n) is 10.3. The van der Waals surface area contributed by atoms with Crippen LogP contribution in [0.25, 0.3) is 10.9 Å². The number of nitrogens with zero attached hydrogens (tertiary/aromatic N) is 2. The van der Waals surface area contributed by atoms with E-state index in [1.165, 1.54) is 0 Å². The van der Waals surface area contributed by atoms with Gasteiger partial charge in [0.1, 0.15) is 0 Å². The van der Waals surface area contributed by atoms with Gasteiger partial charge in [0.25, 0.3) is 5.56 Å². The normalized spacial score (nSPS) is 15.5. The summed E-state index contributed by atoms with van der Waals surface area (Å²) in [6.45, 7) is 2.63. The summed E-state index contributed by atoms with van der Waals surface area (Å²) in [6, 6.07) is 16.1. The van der Waals surface area contributed by atoms with Gasteiger partial charge in [0, 0.05) is 18.8 Å². The second kappa shape index (κ2) is 8.99. The number of H-pyrrole nitrogens is 1. The highest BCUT2D eigenvalue weighted by atomic mass is 16.5. The van der Waals surface area contributed by atoms with E-state index >= 15 is 0 Å². The molecule has 8 nitrogen and oxygen atoms in total. The van der Waals surface area contributed by atoms with Gasteiger partial charge in [-0.15, -0.1) is 0 Å². The Kier molecular flexibility index (Phi) is 5.97. The molecule has 0 aliphatic carbocycles. The number of piperidine rings is 1. The SMILES string of the molecule is C[C@@H](OC(=O)C1CCN(C(=O)Nc2ccccc2)CC1)c1nc2ccccc2c(=O)[nH]1. The summed E-state index contributed by atoms with van der Waals surface area (Å²) in [6.07, 6.45) is 0.370. The van der Waals surface area contributed by atoms with E-state index in [4.69, 9.17) is 4.74 Å². The van der Waals surface area contributed by atoms with Crippen molar-refractivity contribution in [2.45, 2.75) is 25.9 Å². The van der Waals surface area contributed by atoms with E-state index in [9.17, 15) is 14.4 Å². The molecule has 1 aliphatic heterocycles. The minimum Gasteiger partial charge on any atom is -0.454 e. The molecular weight excluding hydrogens is 396 g/mol. The summed E-state index contributed by atoms with van der Waals surface area (Å²) in [7, 11) is 0. The van der Waals surface area contributed by atoms with Crippen molar-refractivity contribution in [3.05, 3.63) is 70.8 Å². The van der Waals surface area contributed by atoms with E-state index in [1.807, 2.05) is 30.3 Å². The lowest BCUT2D eigenvalue weighted by atomic mass is 9.97. The number of hydrogen-bond donors (Lipinski definition) is 2. The van der Waals surface area contributed by atoms with Gasteiger partial charge in [-0.25, -0.2) is 9.78 Å². The van der Waals surface area contributed by atoms with Crippen LogP contribution in [-0.4, -0.2) is 40.0 Å². The Balaban J connectivity index is 1.33. The molecule has 2 N–H and O–H groups in total. The molecule has 4 rings (SSSR count). The number of ether oxygens (including phenoxy) is 1. The molecule has 2 heterocycles. The van der Waals surface area contributed by atoms with E-state index in [-0.39, 0.29) is 23.5 Å². The monoisotopic (exact) mass is 420 g/mol. The molecule has 31 heavy (non-hydrogen) atoms. The Morgan fingerprint density at radius 1 is 1.10 bits per heavy atom. The molecule has 3 aromatic rings. The molecule has 0 saturated carbocycles. The predicted octanol–water partition coefficient (Wildman–Crippen LogP) is 3.47. The number of benzene rings is 2. The highest BCUT2D eigenvalue weighted by Gasteiger charge is 2.30. The van der Waals surface area contributed by atoms with Gasteiger partial charge < -0.3 is 19.9 Å². The Morgan fingerprint density at radius 2 is 1.77 bits per heavy atom. The van der Waals surface area contributed by atoms with Crippen LogP contribution in [0, 0.1) is 5.92 Å². The number of carbonyl (C=O) groups excluding carboxylic acids is 2. The number of hydrogen-bond acceptors (Lipinski definition) is 5. The minimum absolute atomic E-state index is 0.177. The molecule has 1 aromatic heterocycles. The van der Waals surface area contributed by atoms with Crippen LogP contribution in [0.3, 0.4) is 0 Å². The zero-order valence-corrected chi connectivity index (χ0v) is 17.2. The maximum absolute atomic E-state index is 12.6. The van der Waals surface area contributed by atoms with Gasteiger partial charge in [0.05, 0.1) is 16.8 Å². The molecule has 1 fully saturated rings. The number of likely N-dealkylation sites (tertiary alicyclic amines) is 1. The minimum atomic E-state index is -0.677. The molecule has 0 spiro atoms. The van der Waals surface area contributed by atoms with Crippen molar-refractivity contribution in [3.8, 4) is 0 Å². The average Bonchev–Trinajstić information content (AvgIpc) is 2.79. The average molecular weight is 420 g/mol. The van der Waals surface area contributed by atoms with Crippen LogP contribution in [-0.2, 0) is 9.53 Å². The summed E-state index contributed by atoms with van der Waals surface area (Å²) in [5.74, 6) is -0.321. The number of amides is 2. The second-order valence-corrected chi connectivity index (χ2v) is 7.60. The van der Waals surface area contributed by atoms with Gasteiger partial charge in [-0.2, -0.15) is 0 Å². The molecule has 2 aromatic carbocycles. The van der Waals surface area contributed by atoms with Crippen molar-refractivity contribution in [1.82, 2.24) is 14.9 Å². The summed E-state index contributed by atoms with van der Waals surface area (Å²) in [4.78, 5) is 46.1. The van der Waals surface area contributed by atoms with Crippen molar-refractivity contribution < 1.29 is 14.3 Å².